The van der Waals surface area contributed by atoms with Gasteiger partial charge in [-0.3, -0.25) is 0 Å². The van der Waals surface area contributed by atoms with E-state index >= 15 is 0 Å². The van der Waals surface area contributed by atoms with Gasteiger partial charge in [0.05, 0.1) is 0 Å². The molecule has 0 saturated heterocycles. The van der Waals surface area contributed by atoms with E-state index in [0.717, 1.165) is 18.7 Å². The minimum absolute atomic E-state index is 0.314. The van der Waals surface area contributed by atoms with E-state index in [2.05, 4.69) is 32.0 Å². The van der Waals surface area contributed by atoms with Gasteiger partial charge in [0.15, 0.2) is 0 Å². The number of nitrogens with two attached hydrogens (primary N) is 1. The van der Waals surface area contributed by atoms with Crippen molar-refractivity contribution in [3.63, 3.8) is 0 Å². The first-order valence-electron chi connectivity index (χ1n) is 6.64. The fraction of sp³-hybridized carbons (Fsp3) is 0.600. The van der Waals surface area contributed by atoms with Gasteiger partial charge in [-0.1, -0.05) is 18.6 Å². The van der Waals surface area contributed by atoms with E-state index in [1.807, 2.05) is 0 Å². The van der Waals surface area contributed by atoms with Crippen LogP contribution in [0.4, 0.5) is 0 Å². The SMILES string of the molecule is Cc1ccc(C)c(OC2CCCCC2CN)c1. The molecule has 1 aromatic carbocycles. The highest BCUT2D eigenvalue weighted by Gasteiger charge is 2.25. The average molecular weight is 233 g/mol. The summed E-state index contributed by atoms with van der Waals surface area (Å²) >= 11 is 0. The van der Waals surface area contributed by atoms with Gasteiger partial charge >= 0.3 is 0 Å². The van der Waals surface area contributed by atoms with Crippen LogP contribution in [0.3, 0.4) is 0 Å². The Hall–Kier alpha value is -1.02. The maximum atomic E-state index is 6.19. The minimum Gasteiger partial charge on any atom is -0.490 e. The third-order valence-electron chi connectivity index (χ3n) is 3.76. The van der Waals surface area contributed by atoms with Crippen LogP contribution in [0.2, 0.25) is 0 Å². The quantitative estimate of drug-likeness (QED) is 0.870. The predicted octanol–water partition coefficient (Wildman–Crippen LogP) is 3.20. The molecule has 1 aromatic rings. The van der Waals surface area contributed by atoms with Gasteiger partial charge in [-0.2, -0.15) is 0 Å². The molecule has 2 atom stereocenters. The second-order valence-corrected chi connectivity index (χ2v) is 5.21. The van der Waals surface area contributed by atoms with Crippen molar-refractivity contribution in [2.75, 3.05) is 6.54 Å². The van der Waals surface area contributed by atoms with Crippen molar-refractivity contribution in [3.8, 4) is 5.75 Å². The molecular formula is C15H23NO. The third kappa shape index (κ3) is 3.01. The van der Waals surface area contributed by atoms with Crippen molar-refractivity contribution in [2.45, 2.75) is 45.6 Å². The monoisotopic (exact) mass is 233 g/mol. The van der Waals surface area contributed by atoms with Gasteiger partial charge in [0.25, 0.3) is 0 Å². The largest absolute Gasteiger partial charge is 0.490 e. The van der Waals surface area contributed by atoms with E-state index in [-0.39, 0.29) is 0 Å². The predicted molar refractivity (Wildman–Crippen MR) is 71.3 cm³/mol. The van der Waals surface area contributed by atoms with E-state index in [1.54, 1.807) is 0 Å². The standard InChI is InChI=1S/C15H23NO/c1-11-7-8-12(2)15(9-11)17-14-6-4-3-5-13(14)10-16/h7-9,13-14H,3-6,10,16H2,1-2H3. The molecule has 1 saturated carbocycles. The van der Waals surface area contributed by atoms with E-state index in [4.69, 9.17) is 10.5 Å². The Morgan fingerprint density at radius 3 is 2.76 bits per heavy atom. The van der Waals surface area contributed by atoms with Crippen LogP contribution >= 0.6 is 0 Å². The zero-order valence-electron chi connectivity index (χ0n) is 10.9. The molecule has 1 aliphatic carbocycles. The first kappa shape index (κ1) is 12.4. The van der Waals surface area contributed by atoms with Gasteiger partial charge in [-0.05, 0) is 56.8 Å². The highest BCUT2D eigenvalue weighted by Crippen LogP contribution is 2.29. The van der Waals surface area contributed by atoms with Crippen LogP contribution in [0.5, 0.6) is 5.75 Å². The van der Waals surface area contributed by atoms with E-state index < -0.39 is 0 Å². The second kappa shape index (κ2) is 5.54. The number of rotatable bonds is 3. The average Bonchev–Trinajstić information content (AvgIpc) is 2.34. The van der Waals surface area contributed by atoms with Crippen LogP contribution in [0.1, 0.15) is 36.8 Å². The van der Waals surface area contributed by atoms with Crippen LogP contribution in [0, 0.1) is 19.8 Å². The molecule has 17 heavy (non-hydrogen) atoms. The molecule has 0 bridgehead atoms. The summed E-state index contributed by atoms with van der Waals surface area (Å²) in [6.45, 7) is 4.96. The summed E-state index contributed by atoms with van der Waals surface area (Å²) in [5.74, 6) is 1.57. The molecule has 1 aliphatic rings. The Bertz CT molecular complexity index is 375. The number of hydrogen-bond acceptors (Lipinski definition) is 2. The molecule has 2 unspecified atom stereocenters. The summed E-state index contributed by atoms with van der Waals surface area (Å²) in [7, 11) is 0. The molecule has 2 N–H and O–H groups in total. The van der Waals surface area contributed by atoms with Gasteiger partial charge in [0.1, 0.15) is 11.9 Å². The molecule has 0 heterocycles. The lowest BCUT2D eigenvalue weighted by Gasteiger charge is -2.31. The maximum absolute atomic E-state index is 6.19. The number of hydrogen-bond donors (Lipinski definition) is 1. The zero-order chi connectivity index (χ0) is 12.3. The van der Waals surface area contributed by atoms with Crippen LogP contribution in [-0.4, -0.2) is 12.6 Å². The Balaban J connectivity index is 2.10. The summed E-state index contributed by atoms with van der Waals surface area (Å²) in [5, 5.41) is 0. The molecule has 2 nitrogen and oxygen atoms in total. The van der Waals surface area contributed by atoms with Crippen LogP contribution < -0.4 is 10.5 Å². The molecule has 0 aromatic heterocycles. The first-order valence-corrected chi connectivity index (χ1v) is 6.64. The van der Waals surface area contributed by atoms with E-state index in [0.29, 0.717) is 12.0 Å². The summed E-state index contributed by atoms with van der Waals surface area (Å²) in [6.07, 6.45) is 5.25. The summed E-state index contributed by atoms with van der Waals surface area (Å²) in [4.78, 5) is 0. The van der Waals surface area contributed by atoms with Crippen molar-refractivity contribution >= 4 is 0 Å². The van der Waals surface area contributed by atoms with Crippen LogP contribution in [-0.2, 0) is 0 Å². The summed E-state index contributed by atoms with van der Waals surface area (Å²) in [6, 6.07) is 6.39. The van der Waals surface area contributed by atoms with Gasteiger partial charge in [0.2, 0.25) is 0 Å². The number of aryl methyl sites for hydroxylation is 2. The van der Waals surface area contributed by atoms with Crippen LogP contribution in [0.15, 0.2) is 18.2 Å². The number of ether oxygens (including phenoxy) is 1. The van der Waals surface area contributed by atoms with Gasteiger partial charge in [-0.25, -0.2) is 0 Å². The molecule has 0 amide bonds. The lowest BCUT2D eigenvalue weighted by atomic mass is 9.86. The van der Waals surface area contributed by atoms with Crippen molar-refractivity contribution in [1.82, 2.24) is 0 Å². The summed E-state index contributed by atoms with van der Waals surface area (Å²) in [5.41, 5.74) is 8.31. The van der Waals surface area contributed by atoms with Crippen molar-refractivity contribution in [1.29, 1.82) is 0 Å². The smallest absolute Gasteiger partial charge is 0.122 e. The number of benzene rings is 1. The first-order chi connectivity index (χ1) is 8.20. The topological polar surface area (TPSA) is 35.2 Å². The fourth-order valence-corrected chi connectivity index (χ4v) is 2.60. The van der Waals surface area contributed by atoms with E-state index in [9.17, 15) is 0 Å². The lowest BCUT2D eigenvalue weighted by molar-refractivity contribution is 0.0962. The van der Waals surface area contributed by atoms with Crippen LogP contribution in [0.25, 0.3) is 0 Å². The van der Waals surface area contributed by atoms with Crippen molar-refractivity contribution in [3.05, 3.63) is 29.3 Å². The van der Waals surface area contributed by atoms with Gasteiger partial charge in [0, 0.05) is 5.92 Å². The second-order valence-electron chi connectivity index (χ2n) is 5.21. The maximum Gasteiger partial charge on any atom is 0.122 e. The Labute approximate surface area is 104 Å². The molecule has 2 heteroatoms. The highest BCUT2D eigenvalue weighted by atomic mass is 16.5. The molecule has 2 rings (SSSR count). The van der Waals surface area contributed by atoms with Crippen molar-refractivity contribution < 1.29 is 4.74 Å². The Morgan fingerprint density at radius 1 is 1.24 bits per heavy atom. The normalized spacial score (nSPS) is 24.6. The summed E-state index contributed by atoms with van der Waals surface area (Å²) < 4.78 is 6.19. The third-order valence-corrected chi connectivity index (χ3v) is 3.76. The molecule has 1 fully saturated rings. The van der Waals surface area contributed by atoms with Gasteiger partial charge in [-0.15, -0.1) is 0 Å². The molecule has 0 spiro atoms. The van der Waals surface area contributed by atoms with Gasteiger partial charge < -0.3 is 10.5 Å². The fourth-order valence-electron chi connectivity index (χ4n) is 2.60. The Kier molecular flexibility index (Phi) is 4.06. The molecule has 94 valence electrons. The van der Waals surface area contributed by atoms with Crippen molar-refractivity contribution in [2.24, 2.45) is 11.7 Å². The molecular weight excluding hydrogens is 210 g/mol. The Morgan fingerprint density at radius 2 is 2.00 bits per heavy atom. The minimum atomic E-state index is 0.314. The van der Waals surface area contributed by atoms with E-state index in [1.165, 1.54) is 30.4 Å². The molecule has 0 aliphatic heterocycles. The highest BCUT2D eigenvalue weighted by molar-refractivity contribution is 5.36. The lowest BCUT2D eigenvalue weighted by Crippen LogP contribution is -2.35. The molecule has 0 radical (unpaired) electrons. The zero-order valence-corrected chi connectivity index (χ0v) is 10.9.